The molecule has 2 unspecified atom stereocenters. The smallest absolute Gasteiger partial charge is 0.330 e. The summed E-state index contributed by atoms with van der Waals surface area (Å²) in [6.45, 7) is -1.28. The number of aliphatic carboxylic acids is 2. The van der Waals surface area contributed by atoms with E-state index in [0.29, 0.717) is 0 Å². The van der Waals surface area contributed by atoms with Gasteiger partial charge in [-0.25, -0.2) is 9.18 Å². The summed E-state index contributed by atoms with van der Waals surface area (Å²) in [7, 11) is 0. The van der Waals surface area contributed by atoms with Crippen molar-refractivity contribution in [1.82, 2.24) is 0 Å². The minimum absolute atomic E-state index is 0.110. The summed E-state index contributed by atoms with van der Waals surface area (Å²) in [6, 6.07) is -1.15. The lowest BCUT2D eigenvalue weighted by atomic mass is 10.0. The summed E-state index contributed by atoms with van der Waals surface area (Å²) in [5.41, 5.74) is 8.17. The zero-order valence-electron chi connectivity index (χ0n) is 7.89. The SMILES string of the molecule is NC(C/C=C/C(N)(CF)C(=O)O)C(=O)O. The van der Waals surface area contributed by atoms with Crippen molar-refractivity contribution < 1.29 is 24.2 Å². The topological polar surface area (TPSA) is 127 Å². The van der Waals surface area contributed by atoms with Crippen molar-refractivity contribution in [1.29, 1.82) is 0 Å². The van der Waals surface area contributed by atoms with Crippen LogP contribution in [0.5, 0.6) is 0 Å². The minimum atomic E-state index is -2.11. The van der Waals surface area contributed by atoms with Crippen LogP contribution in [0.25, 0.3) is 0 Å². The second-order valence-corrected chi connectivity index (χ2v) is 3.06. The van der Waals surface area contributed by atoms with E-state index in [0.717, 1.165) is 12.2 Å². The van der Waals surface area contributed by atoms with Crippen LogP contribution in [-0.2, 0) is 9.59 Å². The average molecular weight is 220 g/mol. The zero-order valence-corrected chi connectivity index (χ0v) is 7.89. The second-order valence-electron chi connectivity index (χ2n) is 3.06. The van der Waals surface area contributed by atoms with Crippen molar-refractivity contribution >= 4 is 11.9 Å². The van der Waals surface area contributed by atoms with Crippen LogP contribution >= 0.6 is 0 Å². The summed E-state index contributed by atoms with van der Waals surface area (Å²) < 4.78 is 12.3. The molecule has 0 aliphatic heterocycles. The summed E-state index contributed by atoms with van der Waals surface area (Å²) in [4.78, 5) is 20.8. The fraction of sp³-hybridized carbons (Fsp3) is 0.500. The van der Waals surface area contributed by atoms with Gasteiger partial charge in [-0.15, -0.1) is 0 Å². The van der Waals surface area contributed by atoms with Gasteiger partial charge >= 0.3 is 11.9 Å². The van der Waals surface area contributed by atoms with Crippen molar-refractivity contribution in [2.45, 2.75) is 18.0 Å². The molecule has 0 aliphatic carbocycles. The van der Waals surface area contributed by atoms with Crippen molar-refractivity contribution in [2.75, 3.05) is 6.67 Å². The number of carboxylic acid groups (broad SMARTS) is 2. The van der Waals surface area contributed by atoms with Gasteiger partial charge in [0.1, 0.15) is 12.7 Å². The maximum absolute atomic E-state index is 12.3. The molecule has 0 aliphatic rings. The highest BCUT2D eigenvalue weighted by atomic mass is 19.1. The molecule has 0 bridgehead atoms. The molecule has 0 aromatic heterocycles. The Kier molecular flexibility index (Phi) is 4.89. The molecule has 0 heterocycles. The third-order valence-corrected chi connectivity index (χ3v) is 1.74. The molecule has 86 valence electrons. The Labute approximate surface area is 85.4 Å². The number of nitrogens with two attached hydrogens (primary N) is 2. The van der Waals surface area contributed by atoms with Gasteiger partial charge < -0.3 is 21.7 Å². The van der Waals surface area contributed by atoms with Gasteiger partial charge in [0.25, 0.3) is 0 Å². The molecule has 0 saturated heterocycles. The molecule has 15 heavy (non-hydrogen) atoms. The molecule has 6 N–H and O–H groups in total. The Morgan fingerprint density at radius 3 is 2.33 bits per heavy atom. The molecule has 6 nitrogen and oxygen atoms in total. The van der Waals surface area contributed by atoms with Gasteiger partial charge in [-0.1, -0.05) is 12.2 Å². The first-order chi connectivity index (χ1) is 6.83. The predicted octanol–water partition coefficient (Wildman–Crippen LogP) is -0.904. The van der Waals surface area contributed by atoms with Crippen molar-refractivity contribution in [3.63, 3.8) is 0 Å². The maximum Gasteiger partial charge on any atom is 0.330 e. The van der Waals surface area contributed by atoms with E-state index in [-0.39, 0.29) is 6.42 Å². The number of alkyl halides is 1. The van der Waals surface area contributed by atoms with E-state index in [9.17, 15) is 14.0 Å². The van der Waals surface area contributed by atoms with Gasteiger partial charge in [0.2, 0.25) is 0 Å². The lowest BCUT2D eigenvalue weighted by Gasteiger charge is -2.15. The molecule has 0 fully saturated rings. The molecule has 0 radical (unpaired) electrons. The van der Waals surface area contributed by atoms with Crippen LogP contribution in [0.2, 0.25) is 0 Å². The number of hydrogen-bond acceptors (Lipinski definition) is 4. The summed E-state index contributed by atoms with van der Waals surface area (Å²) in [5.74, 6) is -2.75. The van der Waals surface area contributed by atoms with E-state index in [1.807, 2.05) is 0 Å². The van der Waals surface area contributed by atoms with Crippen molar-refractivity contribution in [3.05, 3.63) is 12.2 Å². The Balaban J connectivity index is 4.38. The predicted molar refractivity (Wildman–Crippen MR) is 49.9 cm³/mol. The number of halogens is 1. The van der Waals surface area contributed by atoms with Crippen molar-refractivity contribution in [3.8, 4) is 0 Å². The van der Waals surface area contributed by atoms with Crippen molar-refractivity contribution in [2.24, 2.45) is 11.5 Å². The first-order valence-electron chi connectivity index (χ1n) is 4.08. The summed E-state index contributed by atoms with van der Waals surface area (Å²) >= 11 is 0. The van der Waals surface area contributed by atoms with E-state index in [2.05, 4.69) is 0 Å². The highest BCUT2D eigenvalue weighted by Crippen LogP contribution is 2.05. The molecule has 0 saturated carbocycles. The van der Waals surface area contributed by atoms with Gasteiger partial charge in [-0.05, 0) is 6.42 Å². The van der Waals surface area contributed by atoms with Gasteiger partial charge in [0, 0.05) is 0 Å². The molecular formula is C8H13FN2O4. The van der Waals surface area contributed by atoms with Gasteiger partial charge in [-0.3, -0.25) is 4.79 Å². The monoisotopic (exact) mass is 220 g/mol. The molecule has 0 rings (SSSR count). The van der Waals surface area contributed by atoms with E-state index >= 15 is 0 Å². The van der Waals surface area contributed by atoms with E-state index < -0.39 is 30.2 Å². The number of rotatable bonds is 6. The fourth-order valence-electron chi connectivity index (χ4n) is 0.699. The number of hydrogen-bond donors (Lipinski definition) is 4. The van der Waals surface area contributed by atoms with E-state index in [1.54, 1.807) is 0 Å². The Hall–Kier alpha value is -1.47. The van der Waals surface area contributed by atoms with Crippen LogP contribution in [0, 0.1) is 0 Å². The number of carboxylic acids is 2. The normalized spacial score (nSPS) is 17.3. The largest absolute Gasteiger partial charge is 0.480 e. The molecule has 0 aromatic carbocycles. The van der Waals surface area contributed by atoms with Gasteiger partial charge in [-0.2, -0.15) is 0 Å². The molecular weight excluding hydrogens is 207 g/mol. The summed E-state index contributed by atoms with van der Waals surface area (Å²) in [6.07, 6.45) is 1.94. The third-order valence-electron chi connectivity index (χ3n) is 1.74. The quantitative estimate of drug-likeness (QED) is 0.429. The first kappa shape index (κ1) is 13.5. The zero-order chi connectivity index (χ0) is 12.1. The van der Waals surface area contributed by atoms with Crippen LogP contribution in [0.4, 0.5) is 4.39 Å². The highest BCUT2D eigenvalue weighted by Gasteiger charge is 2.30. The Morgan fingerprint density at radius 1 is 1.47 bits per heavy atom. The fourth-order valence-corrected chi connectivity index (χ4v) is 0.699. The van der Waals surface area contributed by atoms with Crippen LogP contribution in [0.3, 0.4) is 0 Å². The van der Waals surface area contributed by atoms with Crippen LogP contribution in [-0.4, -0.2) is 40.4 Å². The standard InChI is InChI=1S/C8H13FN2O4/c9-4-8(11,7(14)15)3-1-2-5(10)6(12)13/h1,3,5H,2,4,10-11H2,(H,12,13)(H,14,15)/b3-1+. The van der Waals surface area contributed by atoms with E-state index in [4.69, 9.17) is 21.7 Å². The summed E-state index contributed by atoms with van der Waals surface area (Å²) in [5, 5.41) is 16.9. The van der Waals surface area contributed by atoms with E-state index in [1.165, 1.54) is 0 Å². The molecule has 7 heteroatoms. The van der Waals surface area contributed by atoms with Crippen LogP contribution in [0.1, 0.15) is 6.42 Å². The third kappa shape index (κ3) is 4.05. The van der Waals surface area contributed by atoms with Crippen LogP contribution in [0.15, 0.2) is 12.2 Å². The van der Waals surface area contributed by atoms with Crippen LogP contribution < -0.4 is 11.5 Å². The second kappa shape index (κ2) is 5.42. The molecule has 2 atom stereocenters. The maximum atomic E-state index is 12.3. The lowest BCUT2D eigenvalue weighted by Crippen LogP contribution is -2.48. The molecule has 0 amide bonds. The minimum Gasteiger partial charge on any atom is -0.480 e. The average Bonchev–Trinajstić information content (AvgIpc) is 2.16. The van der Waals surface area contributed by atoms with Gasteiger partial charge in [0.15, 0.2) is 5.54 Å². The molecule has 0 aromatic rings. The molecule has 0 spiro atoms. The lowest BCUT2D eigenvalue weighted by molar-refractivity contribution is -0.142. The number of carbonyl (C=O) groups is 2. The highest BCUT2D eigenvalue weighted by molar-refractivity contribution is 5.81. The Bertz CT molecular complexity index is 282. The Morgan fingerprint density at radius 2 is 2.00 bits per heavy atom. The first-order valence-corrected chi connectivity index (χ1v) is 4.08. The van der Waals surface area contributed by atoms with Gasteiger partial charge in [0.05, 0.1) is 0 Å².